The molecule has 3 aromatic rings. The van der Waals surface area contributed by atoms with E-state index in [0.29, 0.717) is 18.5 Å². The molecule has 2 atom stereocenters. The van der Waals surface area contributed by atoms with Crippen molar-refractivity contribution in [1.29, 1.82) is 0 Å². The van der Waals surface area contributed by atoms with Gasteiger partial charge in [0, 0.05) is 35.2 Å². The highest BCUT2D eigenvalue weighted by atomic mass is 35.5. The minimum Gasteiger partial charge on any atom is -0.507 e. The second-order valence-corrected chi connectivity index (χ2v) is 8.04. The Labute approximate surface area is 181 Å². The molecule has 0 unspecified atom stereocenters. The minimum atomic E-state index is -1.17. The summed E-state index contributed by atoms with van der Waals surface area (Å²) in [5.74, 6) is -2.21. The number of halogens is 1. The van der Waals surface area contributed by atoms with Crippen molar-refractivity contribution in [3.05, 3.63) is 56.7 Å². The van der Waals surface area contributed by atoms with Gasteiger partial charge in [0.05, 0.1) is 17.2 Å². The van der Waals surface area contributed by atoms with Gasteiger partial charge in [-0.2, -0.15) is 0 Å². The summed E-state index contributed by atoms with van der Waals surface area (Å²) in [7, 11) is 1.85. The Balaban J connectivity index is 2.02. The number of nitrogens with zero attached hydrogens (tertiary/aromatic N) is 1. The highest BCUT2D eigenvalue weighted by Crippen LogP contribution is 2.44. The monoisotopic (exact) mass is 445 g/mol. The average Bonchev–Trinajstić information content (AvgIpc) is 3.07. The maximum Gasteiger partial charge on any atom is 0.335 e. The number of aliphatic hydroxyl groups is 1. The van der Waals surface area contributed by atoms with E-state index in [1.54, 1.807) is 0 Å². The van der Waals surface area contributed by atoms with Gasteiger partial charge in [0.25, 0.3) is 0 Å². The van der Waals surface area contributed by atoms with Gasteiger partial charge in [-0.3, -0.25) is 4.79 Å². The van der Waals surface area contributed by atoms with Crippen LogP contribution >= 0.6 is 11.6 Å². The Morgan fingerprint density at radius 2 is 1.97 bits per heavy atom. The SMILES string of the molecule is CN1CC[C@@H](c2c(O)cc(O)c3c(=O)cc(-c4cc(C(=O)O)ccc4Cl)oc23)[C@@H]1CO. The molecule has 0 saturated carbocycles. The predicted molar refractivity (Wildman–Crippen MR) is 114 cm³/mol. The largest absolute Gasteiger partial charge is 0.507 e. The molecule has 1 aromatic heterocycles. The lowest BCUT2D eigenvalue weighted by Crippen LogP contribution is -2.32. The third kappa shape index (κ3) is 3.52. The Morgan fingerprint density at radius 1 is 1.23 bits per heavy atom. The second kappa shape index (κ2) is 7.88. The van der Waals surface area contributed by atoms with E-state index < -0.39 is 17.1 Å². The lowest BCUT2D eigenvalue weighted by Gasteiger charge is -2.24. The van der Waals surface area contributed by atoms with E-state index in [1.807, 2.05) is 11.9 Å². The number of aromatic hydroxyl groups is 2. The number of phenolic OH excluding ortho intramolecular Hbond substituents is 2. The van der Waals surface area contributed by atoms with Crippen LogP contribution in [-0.2, 0) is 0 Å². The highest BCUT2D eigenvalue weighted by Gasteiger charge is 2.36. The summed E-state index contributed by atoms with van der Waals surface area (Å²) < 4.78 is 5.98. The van der Waals surface area contributed by atoms with Gasteiger partial charge in [-0.25, -0.2) is 4.79 Å². The molecule has 0 radical (unpaired) electrons. The third-order valence-electron chi connectivity index (χ3n) is 5.86. The summed E-state index contributed by atoms with van der Waals surface area (Å²) in [6.45, 7) is 0.494. The van der Waals surface area contributed by atoms with Crippen LogP contribution < -0.4 is 5.43 Å². The molecule has 1 saturated heterocycles. The smallest absolute Gasteiger partial charge is 0.335 e. The maximum absolute atomic E-state index is 12.9. The molecule has 0 amide bonds. The molecule has 1 aliphatic heterocycles. The van der Waals surface area contributed by atoms with Gasteiger partial charge < -0.3 is 29.7 Å². The van der Waals surface area contributed by atoms with E-state index in [-0.39, 0.29) is 57.2 Å². The molecule has 9 heteroatoms. The van der Waals surface area contributed by atoms with E-state index in [9.17, 15) is 30.0 Å². The first-order valence-electron chi connectivity index (χ1n) is 9.60. The van der Waals surface area contributed by atoms with Crippen LogP contribution in [0.2, 0.25) is 5.02 Å². The molecule has 0 aliphatic carbocycles. The molecule has 0 spiro atoms. The molecule has 4 rings (SSSR count). The Kier molecular flexibility index (Phi) is 5.38. The molecule has 0 bridgehead atoms. The van der Waals surface area contributed by atoms with Crippen molar-refractivity contribution in [3.63, 3.8) is 0 Å². The van der Waals surface area contributed by atoms with Crippen LogP contribution in [0.4, 0.5) is 0 Å². The van der Waals surface area contributed by atoms with Crippen molar-refractivity contribution in [2.45, 2.75) is 18.4 Å². The fraction of sp³-hybridized carbons (Fsp3) is 0.273. The van der Waals surface area contributed by atoms with E-state index >= 15 is 0 Å². The number of carboxylic acids is 1. The van der Waals surface area contributed by atoms with E-state index in [2.05, 4.69) is 0 Å². The van der Waals surface area contributed by atoms with Crippen LogP contribution in [-0.4, -0.2) is 57.5 Å². The van der Waals surface area contributed by atoms with E-state index in [4.69, 9.17) is 16.0 Å². The summed E-state index contributed by atoms with van der Waals surface area (Å²) in [5, 5.41) is 40.2. The van der Waals surface area contributed by atoms with Crippen LogP contribution in [0.15, 0.2) is 39.5 Å². The van der Waals surface area contributed by atoms with Crippen molar-refractivity contribution in [2.24, 2.45) is 0 Å². The Bertz CT molecular complexity index is 1250. The topological polar surface area (TPSA) is 131 Å². The zero-order chi connectivity index (χ0) is 22.4. The third-order valence-corrected chi connectivity index (χ3v) is 6.19. The minimum absolute atomic E-state index is 0.00347. The first-order valence-corrected chi connectivity index (χ1v) is 9.97. The molecule has 8 nitrogen and oxygen atoms in total. The molecule has 4 N–H and O–H groups in total. The molecule has 1 fully saturated rings. The highest BCUT2D eigenvalue weighted by molar-refractivity contribution is 6.33. The normalized spacial score (nSPS) is 19.2. The number of fused-ring (bicyclic) bond motifs is 1. The zero-order valence-corrected chi connectivity index (χ0v) is 17.3. The molecule has 31 heavy (non-hydrogen) atoms. The van der Waals surface area contributed by atoms with Gasteiger partial charge in [0.2, 0.25) is 0 Å². The number of hydrogen-bond acceptors (Lipinski definition) is 7. The van der Waals surface area contributed by atoms with Gasteiger partial charge in [-0.05, 0) is 38.2 Å². The quantitative estimate of drug-likeness (QED) is 0.482. The van der Waals surface area contributed by atoms with E-state index in [0.717, 1.165) is 12.1 Å². The number of aromatic carboxylic acids is 1. The van der Waals surface area contributed by atoms with Crippen molar-refractivity contribution in [3.8, 4) is 22.8 Å². The van der Waals surface area contributed by atoms with Crippen molar-refractivity contribution < 1.29 is 29.6 Å². The first-order chi connectivity index (χ1) is 14.7. The van der Waals surface area contributed by atoms with Crippen LogP contribution in [0, 0.1) is 0 Å². The average molecular weight is 446 g/mol. The molecular formula is C22H20ClNO7. The van der Waals surface area contributed by atoms with Gasteiger partial charge in [0.1, 0.15) is 28.2 Å². The summed E-state index contributed by atoms with van der Waals surface area (Å²) in [6.07, 6.45) is 0.596. The summed E-state index contributed by atoms with van der Waals surface area (Å²) in [6, 6.07) is 5.91. The number of aliphatic hydroxyl groups excluding tert-OH is 1. The standard InChI is InChI=1S/C22H20ClNO7/c1-24-5-4-11(14(24)9-25)19-15(26)7-16(27)20-17(28)8-18(31-21(19)20)12-6-10(22(29)30)2-3-13(12)23/h2-3,6-8,11,14,25-27H,4-5,9H2,1H3,(H,29,30)/t11-,14+/m1/s1. The van der Waals surface area contributed by atoms with Crippen molar-refractivity contribution in [2.75, 3.05) is 20.2 Å². The molecule has 2 aromatic carbocycles. The number of carbonyl (C=O) groups is 1. The van der Waals surface area contributed by atoms with Crippen LogP contribution in [0.3, 0.4) is 0 Å². The number of rotatable bonds is 4. The number of likely N-dealkylation sites (N-methyl/N-ethyl adjacent to an activating group) is 1. The second-order valence-electron chi connectivity index (χ2n) is 7.63. The first kappa shape index (κ1) is 21.2. The lowest BCUT2D eigenvalue weighted by atomic mass is 9.89. The summed E-state index contributed by atoms with van der Waals surface area (Å²) in [4.78, 5) is 26.2. The summed E-state index contributed by atoms with van der Waals surface area (Å²) in [5.41, 5.74) is -0.134. The number of benzene rings is 2. The van der Waals surface area contributed by atoms with E-state index in [1.165, 1.54) is 18.2 Å². The van der Waals surface area contributed by atoms with Gasteiger partial charge in [-0.15, -0.1) is 0 Å². The Hall–Kier alpha value is -3.07. The fourth-order valence-corrected chi connectivity index (χ4v) is 4.48. The van der Waals surface area contributed by atoms with Gasteiger partial charge >= 0.3 is 5.97 Å². The zero-order valence-electron chi connectivity index (χ0n) is 16.5. The predicted octanol–water partition coefficient (Wildman–Crippen LogP) is 3.00. The number of hydrogen-bond donors (Lipinski definition) is 4. The molecule has 1 aliphatic rings. The lowest BCUT2D eigenvalue weighted by molar-refractivity contribution is 0.0697. The fourth-order valence-electron chi connectivity index (χ4n) is 4.27. The van der Waals surface area contributed by atoms with Gasteiger partial charge in [-0.1, -0.05) is 11.6 Å². The number of likely N-dealkylation sites (tertiary alicyclic amines) is 1. The summed E-state index contributed by atoms with van der Waals surface area (Å²) >= 11 is 6.24. The molecular weight excluding hydrogens is 426 g/mol. The maximum atomic E-state index is 12.9. The molecule has 2 heterocycles. The van der Waals surface area contributed by atoms with Crippen LogP contribution in [0.5, 0.6) is 11.5 Å². The van der Waals surface area contributed by atoms with Gasteiger partial charge in [0.15, 0.2) is 5.43 Å². The van der Waals surface area contributed by atoms with Crippen LogP contribution in [0.25, 0.3) is 22.3 Å². The van der Waals surface area contributed by atoms with Crippen molar-refractivity contribution >= 4 is 28.5 Å². The Morgan fingerprint density at radius 3 is 2.65 bits per heavy atom. The van der Waals surface area contributed by atoms with Crippen molar-refractivity contribution in [1.82, 2.24) is 4.90 Å². The number of phenols is 2. The van der Waals surface area contributed by atoms with Crippen LogP contribution in [0.1, 0.15) is 28.3 Å². The number of carboxylic acid groups (broad SMARTS) is 1. The molecule has 162 valence electrons.